The van der Waals surface area contributed by atoms with Crippen LogP contribution in [0.1, 0.15) is 441 Å². The third kappa shape index (κ3) is 51.6. The highest BCUT2D eigenvalue weighted by Crippen LogP contribution is 2.47. The Bertz CT molecular complexity index is 1680. The van der Waals surface area contributed by atoms with Crippen molar-refractivity contribution in [3.05, 3.63) is 0 Å². The van der Waals surface area contributed by atoms with Crippen LogP contribution in [0.25, 0.3) is 0 Å². The summed E-state index contributed by atoms with van der Waals surface area (Å²) in [5.41, 5.74) is 0. The Labute approximate surface area is 661 Å². The standard InChI is InChI=1S/C98H196O7/c1-22-48-87(41-20)68-92(67-86(39-18)40-19)73-93(69-88(59-78(23-2)24-3)60-79(25-4)26-5)74-95(72-91(65-84(35-14)36-15)66-85(37-16)38-17)76-96(77-97(42-21)98(100)105-58-47-57-104-56-46-55-103-54-45-53-102-52-44-51-101-50-43-49-99)75-94(70-89(61-80(27-6)28-7)62-81(29-8)30-9)71-90(63-82(31-10)32-11)64-83(33-12)34-13/h78-97,99H,22-77H2,1-21H3. The Hall–Kier alpha value is -0.730. The first-order valence-corrected chi connectivity index (χ1v) is 48.0. The van der Waals surface area contributed by atoms with E-state index in [2.05, 4.69) is 145 Å². The summed E-state index contributed by atoms with van der Waals surface area (Å²) in [5, 5.41) is 8.95. The van der Waals surface area contributed by atoms with E-state index in [1.165, 1.54) is 250 Å². The topological polar surface area (TPSA) is 83.5 Å². The zero-order valence-electron chi connectivity index (χ0n) is 75.5. The van der Waals surface area contributed by atoms with Crippen molar-refractivity contribution < 1.29 is 33.6 Å². The smallest absolute Gasteiger partial charge is 0.308 e. The van der Waals surface area contributed by atoms with Gasteiger partial charge in [0.25, 0.3) is 0 Å². The van der Waals surface area contributed by atoms with E-state index in [-0.39, 0.29) is 18.5 Å². The van der Waals surface area contributed by atoms with Crippen LogP contribution in [0.3, 0.4) is 0 Å². The maximum atomic E-state index is 15.2. The molecule has 105 heavy (non-hydrogen) atoms. The minimum Gasteiger partial charge on any atom is -0.465 e. The lowest BCUT2D eigenvalue weighted by atomic mass is 9.67. The molecule has 0 spiro atoms. The third-order valence-electron chi connectivity index (χ3n) is 28.0. The molecule has 6 unspecified atom stereocenters. The Balaban J connectivity index is 8.63. The highest BCUT2D eigenvalue weighted by Gasteiger charge is 2.36. The largest absolute Gasteiger partial charge is 0.465 e. The summed E-state index contributed by atoms with van der Waals surface area (Å²) >= 11 is 0. The van der Waals surface area contributed by atoms with Gasteiger partial charge in [0, 0.05) is 65.9 Å². The fraction of sp³-hybridized carbons (Fsp3) is 0.990. The minimum atomic E-state index is -0.0925. The first-order valence-electron chi connectivity index (χ1n) is 48.0. The van der Waals surface area contributed by atoms with E-state index in [0.29, 0.717) is 83.6 Å². The van der Waals surface area contributed by atoms with Gasteiger partial charge in [-0.3, -0.25) is 4.79 Å². The van der Waals surface area contributed by atoms with Crippen molar-refractivity contribution in [1.82, 2.24) is 0 Å². The van der Waals surface area contributed by atoms with Crippen LogP contribution in [0.5, 0.6) is 0 Å². The molecule has 0 heterocycles. The van der Waals surface area contributed by atoms with Crippen molar-refractivity contribution in [3.63, 3.8) is 0 Å². The molecule has 0 saturated heterocycles. The van der Waals surface area contributed by atoms with E-state index in [1.807, 2.05) is 0 Å². The third-order valence-corrected chi connectivity index (χ3v) is 28.0. The first-order chi connectivity index (χ1) is 51.0. The van der Waals surface area contributed by atoms with Gasteiger partial charge in [-0.15, -0.1) is 0 Å². The molecule has 7 nitrogen and oxygen atoms in total. The van der Waals surface area contributed by atoms with Crippen LogP contribution in [0.15, 0.2) is 0 Å². The summed E-state index contributed by atoms with van der Waals surface area (Å²) in [4.78, 5) is 15.2. The van der Waals surface area contributed by atoms with Crippen molar-refractivity contribution in [2.45, 2.75) is 441 Å². The van der Waals surface area contributed by atoms with Crippen LogP contribution in [0, 0.1) is 118 Å². The van der Waals surface area contributed by atoms with E-state index in [9.17, 15) is 0 Å². The molecule has 630 valence electrons. The summed E-state index contributed by atoms with van der Waals surface area (Å²) in [6.07, 6.45) is 58.2. The summed E-state index contributed by atoms with van der Waals surface area (Å²) in [6, 6.07) is 0. The summed E-state index contributed by atoms with van der Waals surface area (Å²) in [7, 11) is 0. The fourth-order valence-corrected chi connectivity index (χ4v) is 20.2. The van der Waals surface area contributed by atoms with Crippen LogP contribution < -0.4 is 0 Å². The molecule has 0 aromatic carbocycles. The number of hydrogen-bond donors (Lipinski definition) is 1. The number of carbonyl (C=O) groups excluding carboxylic acids is 1. The maximum Gasteiger partial charge on any atom is 0.308 e. The van der Waals surface area contributed by atoms with Gasteiger partial charge in [-0.05, 0) is 267 Å². The first kappa shape index (κ1) is 104. The van der Waals surface area contributed by atoms with Gasteiger partial charge >= 0.3 is 5.97 Å². The van der Waals surface area contributed by atoms with Gasteiger partial charge in [-0.1, -0.05) is 280 Å². The Morgan fingerprint density at radius 3 is 0.562 bits per heavy atom. The minimum absolute atomic E-state index is 0.0608. The van der Waals surface area contributed by atoms with E-state index in [4.69, 9.17) is 28.8 Å². The van der Waals surface area contributed by atoms with Crippen LogP contribution in [0.2, 0.25) is 0 Å². The number of aliphatic hydroxyl groups excluding tert-OH is 1. The normalized spacial score (nSPS) is 14.4. The lowest BCUT2D eigenvalue weighted by Gasteiger charge is -2.38. The van der Waals surface area contributed by atoms with E-state index in [0.717, 1.165) is 133 Å². The van der Waals surface area contributed by atoms with E-state index < -0.39 is 0 Å². The average Bonchev–Trinajstić information content (AvgIpc) is 0.840. The summed E-state index contributed by atoms with van der Waals surface area (Å²) in [5.74, 6) is 14.3. The molecular formula is C98H196O7. The average molecular weight is 1490 g/mol. The number of hydrogen-bond acceptors (Lipinski definition) is 7. The maximum absolute atomic E-state index is 15.2. The number of ether oxygens (including phenoxy) is 5. The van der Waals surface area contributed by atoms with Gasteiger partial charge in [0.1, 0.15) is 0 Å². The lowest BCUT2D eigenvalue weighted by molar-refractivity contribution is -0.149. The van der Waals surface area contributed by atoms with Crippen molar-refractivity contribution in [1.29, 1.82) is 0 Å². The number of aliphatic hydroxyl groups is 1. The molecule has 6 atom stereocenters. The number of carbonyl (C=O) groups is 1. The van der Waals surface area contributed by atoms with Gasteiger partial charge in [-0.2, -0.15) is 0 Å². The lowest BCUT2D eigenvalue weighted by Crippen LogP contribution is -2.28. The van der Waals surface area contributed by atoms with Crippen LogP contribution >= 0.6 is 0 Å². The molecule has 0 aromatic rings. The molecule has 0 fully saturated rings. The molecule has 0 rings (SSSR count). The Kier molecular flexibility index (Phi) is 70.6. The monoisotopic (exact) mass is 1490 g/mol. The second kappa shape index (κ2) is 71.1. The van der Waals surface area contributed by atoms with Crippen molar-refractivity contribution in [3.8, 4) is 0 Å². The highest BCUT2D eigenvalue weighted by molar-refractivity contribution is 5.72. The van der Waals surface area contributed by atoms with Gasteiger partial charge in [-0.25, -0.2) is 0 Å². The molecule has 0 aliphatic heterocycles. The highest BCUT2D eigenvalue weighted by atomic mass is 16.5. The summed E-state index contributed by atoms with van der Waals surface area (Å²) in [6.45, 7) is 58.2. The molecule has 0 bridgehead atoms. The molecular weight excluding hydrogens is 1290 g/mol. The second-order valence-corrected chi connectivity index (χ2v) is 35.7. The molecule has 1 N–H and O–H groups in total. The van der Waals surface area contributed by atoms with Crippen LogP contribution in [-0.4, -0.2) is 77.1 Å². The van der Waals surface area contributed by atoms with Gasteiger partial charge in [0.15, 0.2) is 0 Å². The van der Waals surface area contributed by atoms with E-state index in [1.54, 1.807) is 0 Å². The summed E-state index contributed by atoms with van der Waals surface area (Å²) < 4.78 is 29.9. The predicted octanol–water partition coefficient (Wildman–Crippen LogP) is 30.3. The molecule has 0 aliphatic carbocycles. The van der Waals surface area contributed by atoms with Crippen molar-refractivity contribution in [2.24, 2.45) is 118 Å². The molecule has 0 aromatic heterocycles. The zero-order valence-corrected chi connectivity index (χ0v) is 75.5. The van der Waals surface area contributed by atoms with Crippen molar-refractivity contribution >= 4 is 5.97 Å². The molecule has 0 saturated carbocycles. The van der Waals surface area contributed by atoms with Gasteiger partial charge in [0.05, 0.1) is 12.5 Å². The zero-order chi connectivity index (χ0) is 78.3. The fourth-order valence-electron chi connectivity index (χ4n) is 20.2. The SMILES string of the molecule is CCCC(CC)CC(CC(CC)CC)CC(CC(CC(CC)CC)CC(CC)CC)CC(CC(CC(CC)CC)CC(CC)CC)CC(CC(CC(CC(CC)CC)CC(CC)CC)CC(CC(CC)CC)CC(CC)CC)CC(CC)C(=O)OCCCOCCCOCCCOCCCOCCCO. The number of esters is 1. The molecule has 0 amide bonds. The molecule has 0 radical (unpaired) electrons. The van der Waals surface area contributed by atoms with Crippen molar-refractivity contribution in [2.75, 3.05) is 66.1 Å². The van der Waals surface area contributed by atoms with Gasteiger partial charge < -0.3 is 28.8 Å². The molecule has 0 aliphatic rings. The number of rotatable bonds is 80. The Morgan fingerprint density at radius 2 is 0.381 bits per heavy atom. The quantitative estimate of drug-likeness (QED) is 0.0480. The predicted molar refractivity (Wildman–Crippen MR) is 463 cm³/mol. The van der Waals surface area contributed by atoms with Crippen LogP contribution in [0.4, 0.5) is 0 Å². The van der Waals surface area contributed by atoms with E-state index >= 15 is 4.79 Å². The molecule has 7 heteroatoms. The Morgan fingerprint density at radius 1 is 0.210 bits per heavy atom. The van der Waals surface area contributed by atoms with Gasteiger partial charge in [0.2, 0.25) is 0 Å². The second-order valence-electron chi connectivity index (χ2n) is 35.7. The van der Waals surface area contributed by atoms with Crippen LogP contribution in [-0.2, 0) is 28.5 Å².